The van der Waals surface area contributed by atoms with Crippen molar-refractivity contribution in [2.24, 2.45) is 0 Å². The molecule has 0 atom stereocenters. The molecule has 412 valence electrons. The third kappa shape index (κ3) is 15.3. The van der Waals surface area contributed by atoms with E-state index in [1.165, 1.54) is 77.9 Å². The van der Waals surface area contributed by atoms with Crippen LogP contribution in [-0.4, -0.2) is 0 Å². The minimum atomic E-state index is 0.773. The third-order valence-corrected chi connectivity index (χ3v) is 17.6. The van der Waals surface area contributed by atoms with Gasteiger partial charge in [-0.15, -0.1) is 0 Å². The van der Waals surface area contributed by atoms with E-state index in [1.807, 2.05) is 107 Å². The van der Waals surface area contributed by atoms with Gasteiger partial charge >= 0.3 is 0 Å². The zero-order valence-electron chi connectivity index (χ0n) is 49.8. The van der Waals surface area contributed by atoms with Crippen LogP contribution in [-0.2, 0) is 0 Å². The Labute approximate surface area is 504 Å². The van der Waals surface area contributed by atoms with Gasteiger partial charge in [-0.05, 0) is 221 Å². The highest BCUT2D eigenvalue weighted by Crippen LogP contribution is 2.38. The van der Waals surface area contributed by atoms with Crippen molar-refractivity contribution < 1.29 is 0 Å². The van der Waals surface area contributed by atoms with Gasteiger partial charge in [-0.1, -0.05) is 228 Å². The van der Waals surface area contributed by atoms with Crippen LogP contribution in [0.25, 0.3) is 55.6 Å². The van der Waals surface area contributed by atoms with E-state index >= 15 is 0 Å². The summed E-state index contributed by atoms with van der Waals surface area (Å²) in [5.74, 6) is 0. The van der Waals surface area contributed by atoms with Gasteiger partial charge in [0.1, 0.15) is 6.07 Å². The number of rotatable bonds is 5. The second-order valence-corrected chi connectivity index (χ2v) is 22.6. The van der Waals surface area contributed by atoms with Crippen molar-refractivity contribution in [3.63, 3.8) is 0 Å². The van der Waals surface area contributed by atoms with Crippen LogP contribution in [0.5, 0.6) is 0 Å². The highest BCUT2D eigenvalue weighted by molar-refractivity contribution is 6.37. The van der Waals surface area contributed by atoms with Crippen LogP contribution < -0.4 is 0 Å². The lowest BCUT2D eigenvalue weighted by Gasteiger charge is -2.12. The fraction of sp³-hybridized carbons (Fsp3) is 0.197. The molecule has 0 saturated heterocycles. The van der Waals surface area contributed by atoms with Crippen LogP contribution in [0.2, 0.25) is 20.1 Å². The summed E-state index contributed by atoms with van der Waals surface area (Å²) in [6.45, 7) is 31.5. The SMILES string of the molecule is Cc1cccc(-c2cccc(C)c2C#N)c1C.Cc1cccc(-c2cccc(C)c2C)c1C.Cc1cccc(-c2cccc(C)c2Cl)c1C.Cc1cccc(-c2cccc(C)c2Cl)c1C.Cc1cccc(-c2cccc(C)c2Cl)c1Cl. The highest BCUT2D eigenvalue weighted by Gasteiger charge is 2.14. The first-order valence-corrected chi connectivity index (χ1v) is 28.9. The Bertz CT molecular complexity index is 3300. The number of hydrogen-bond acceptors (Lipinski definition) is 1. The molecule has 0 aliphatic carbocycles. The Morgan fingerprint density at radius 3 is 0.605 bits per heavy atom. The Balaban J connectivity index is 0.000000163. The number of benzene rings is 10. The molecule has 10 rings (SSSR count). The number of nitrogens with zero attached hydrogens (tertiary/aromatic N) is 1. The lowest BCUT2D eigenvalue weighted by Crippen LogP contribution is -1.92. The minimum absolute atomic E-state index is 0.773. The van der Waals surface area contributed by atoms with Gasteiger partial charge in [0, 0.05) is 22.3 Å². The highest BCUT2D eigenvalue weighted by atomic mass is 35.5. The first-order chi connectivity index (χ1) is 38.6. The topological polar surface area (TPSA) is 23.8 Å². The maximum Gasteiger partial charge on any atom is 0.100 e. The summed E-state index contributed by atoms with van der Waals surface area (Å²) in [4.78, 5) is 0. The van der Waals surface area contributed by atoms with Crippen molar-refractivity contribution >= 4 is 46.4 Å². The summed E-state index contributed by atoms with van der Waals surface area (Å²) < 4.78 is 0. The summed E-state index contributed by atoms with van der Waals surface area (Å²) in [6, 6.07) is 64.6. The lowest BCUT2D eigenvalue weighted by molar-refractivity contribution is 1.30. The van der Waals surface area contributed by atoms with Gasteiger partial charge in [0.2, 0.25) is 0 Å². The van der Waals surface area contributed by atoms with Crippen molar-refractivity contribution in [2.45, 2.75) is 104 Å². The van der Waals surface area contributed by atoms with Crippen molar-refractivity contribution in [2.75, 3.05) is 0 Å². The van der Waals surface area contributed by atoms with Crippen LogP contribution in [0.4, 0.5) is 0 Å². The van der Waals surface area contributed by atoms with Crippen LogP contribution in [0.1, 0.15) is 89.0 Å². The van der Waals surface area contributed by atoms with E-state index in [4.69, 9.17) is 46.4 Å². The van der Waals surface area contributed by atoms with Crippen LogP contribution >= 0.6 is 46.4 Å². The van der Waals surface area contributed by atoms with Crippen molar-refractivity contribution in [3.05, 3.63) is 291 Å². The number of hydrogen-bond donors (Lipinski definition) is 0. The Morgan fingerprint density at radius 2 is 0.370 bits per heavy atom. The van der Waals surface area contributed by atoms with Crippen LogP contribution in [0.3, 0.4) is 0 Å². The molecule has 0 aliphatic rings. The predicted octanol–water partition coefficient (Wildman–Crippen LogP) is 23.9. The molecule has 81 heavy (non-hydrogen) atoms. The standard InChI is InChI=1S/C16H15N.C16H18.2C15H15Cl.C14H12Cl2/c1-11-6-4-8-14(13(11)3)15-9-5-7-12(2)16(15)10-17;1-11-7-5-9-15(13(11)3)16-10-6-8-12(2)14(16)4;2*1-10-6-4-8-13(12(10)3)14-9-5-7-11(2)15(14)16;1-9-5-3-7-11(13(9)15)12-8-4-6-10(2)14(12)16/h4-9H,1-3H3;5-10H,1-4H3;2*4-9H,1-3H3;3-8H,1-2H3. The molecule has 1 nitrogen and oxygen atoms in total. The fourth-order valence-electron chi connectivity index (χ4n) is 9.68. The number of halogens is 4. The maximum atomic E-state index is 9.27. The van der Waals surface area contributed by atoms with Gasteiger partial charge in [-0.25, -0.2) is 0 Å². The smallest absolute Gasteiger partial charge is 0.100 e. The van der Waals surface area contributed by atoms with E-state index in [1.54, 1.807) is 0 Å². The average Bonchev–Trinajstić information content (AvgIpc) is 3.44. The van der Waals surface area contributed by atoms with Gasteiger partial charge in [0.25, 0.3) is 0 Å². The molecule has 0 aliphatic heterocycles. The molecule has 0 heterocycles. The molecule has 10 aromatic carbocycles. The van der Waals surface area contributed by atoms with Crippen molar-refractivity contribution in [1.82, 2.24) is 0 Å². The molecule has 0 bridgehead atoms. The Hall–Kier alpha value is -7.15. The molecular weight excluding hydrogens is 1070 g/mol. The molecule has 0 unspecified atom stereocenters. The zero-order valence-corrected chi connectivity index (χ0v) is 52.8. The van der Waals surface area contributed by atoms with E-state index in [-0.39, 0.29) is 0 Å². The van der Waals surface area contributed by atoms with Crippen LogP contribution in [0.15, 0.2) is 182 Å². The monoisotopic (exact) mass is 1140 g/mol. The van der Waals surface area contributed by atoms with Gasteiger partial charge < -0.3 is 0 Å². The quantitative estimate of drug-likeness (QED) is 0.168. The fourth-order valence-corrected chi connectivity index (χ4v) is 10.6. The molecule has 10 aromatic rings. The Morgan fingerprint density at radius 1 is 0.210 bits per heavy atom. The summed E-state index contributed by atoms with van der Waals surface area (Å²) >= 11 is 25.3. The van der Waals surface area contributed by atoms with Gasteiger partial charge in [-0.3, -0.25) is 0 Å². The van der Waals surface area contributed by atoms with Crippen molar-refractivity contribution in [3.8, 4) is 61.7 Å². The molecule has 0 radical (unpaired) electrons. The van der Waals surface area contributed by atoms with Gasteiger partial charge in [0.15, 0.2) is 0 Å². The first kappa shape index (κ1) is 63.0. The molecule has 0 spiro atoms. The second kappa shape index (κ2) is 29.0. The number of aryl methyl sites for hydroxylation is 10. The summed E-state index contributed by atoms with van der Waals surface area (Å²) in [5.41, 5.74) is 31.0. The van der Waals surface area contributed by atoms with E-state index in [0.29, 0.717) is 0 Å². The molecule has 0 fully saturated rings. The van der Waals surface area contributed by atoms with E-state index in [2.05, 4.69) is 185 Å². The van der Waals surface area contributed by atoms with E-state index < -0.39 is 0 Å². The predicted molar refractivity (Wildman–Crippen MR) is 355 cm³/mol. The minimum Gasteiger partial charge on any atom is -0.192 e. The summed E-state index contributed by atoms with van der Waals surface area (Å²) in [5, 5.41) is 12.5. The summed E-state index contributed by atoms with van der Waals surface area (Å²) in [7, 11) is 0. The molecular formula is C76H75Cl4N. The molecule has 0 N–H and O–H groups in total. The third-order valence-electron chi connectivity index (χ3n) is 15.6. The van der Waals surface area contributed by atoms with Gasteiger partial charge in [-0.2, -0.15) is 5.26 Å². The molecule has 0 saturated carbocycles. The Kier molecular flexibility index (Phi) is 22.6. The maximum absolute atomic E-state index is 9.27. The first-order valence-electron chi connectivity index (χ1n) is 27.4. The average molecular weight is 1140 g/mol. The van der Waals surface area contributed by atoms with E-state index in [0.717, 1.165) is 86.9 Å². The van der Waals surface area contributed by atoms with Crippen molar-refractivity contribution in [1.29, 1.82) is 5.26 Å². The normalized spacial score (nSPS) is 10.4. The summed E-state index contributed by atoms with van der Waals surface area (Å²) in [6.07, 6.45) is 0. The zero-order chi connectivity index (χ0) is 59.2. The number of nitriles is 1. The lowest BCUT2D eigenvalue weighted by atomic mass is 9.92. The molecule has 0 aromatic heterocycles. The van der Waals surface area contributed by atoms with E-state index in [9.17, 15) is 5.26 Å². The second-order valence-electron chi connectivity index (χ2n) is 21.1. The largest absolute Gasteiger partial charge is 0.192 e. The molecule has 5 heteroatoms. The van der Waals surface area contributed by atoms with Crippen LogP contribution in [0, 0.1) is 115 Å². The molecule has 0 amide bonds. The van der Waals surface area contributed by atoms with Gasteiger partial charge in [0.05, 0.1) is 25.7 Å².